The van der Waals surface area contributed by atoms with E-state index < -0.39 is 0 Å². The van der Waals surface area contributed by atoms with Gasteiger partial charge in [-0.2, -0.15) is 0 Å². The first kappa shape index (κ1) is 16.5. The third-order valence-corrected chi connectivity index (χ3v) is 6.19. The molecule has 3 heterocycles. The highest BCUT2D eigenvalue weighted by Gasteiger charge is 2.30. The van der Waals surface area contributed by atoms with Crippen molar-refractivity contribution in [3.05, 3.63) is 62.5 Å². The van der Waals surface area contributed by atoms with Gasteiger partial charge in [-0.3, -0.25) is 9.56 Å². The van der Waals surface area contributed by atoms with Crippen molar-refractivity contribution in [1.82, 2.24) is 14.8 Å². The molecule has 0 N–H and O–H groups in total. The van der Waals surface area contributed by atoms with Crippen LogP contribution in [-0.2, 0) is 0 Å². The molecule has 25 heavy (non-hydrogen) atoms. The van der Waals surface area contributed by atoms with Crippen LogP contribution in [0.4, 0.5) is 0 Å². The molecular formula is C19H19ClN4S. The fourth-order valence-corrected chi connectivity index (χ4v) is 4.61. The molecule has 4 nitrogen and oxygen atoms in total. The molecule has 0 aliphatic carbocycles. The Morgan fingerprint density at radius 2 is 1.84 bits per heavy atom. The summed E-state index contributed by atoms with van der Waals surface area (Å²) < 4.78 is 2.18. The summed E-state index contributed by atoms with van der Waals surface area (Å²) in [5.41, 5.74) is 4.56. The van der Waals surface area contributed by atoms with E-state index in [9.17, 15) is 0 Å². The molecule has 1 aromatic carbocycles. The Balaban J connectivity index is 2.05. The van der Waals surface area contributed by atoms with E-state index in [0.29, 0.717) is 0 Å². The van der Waals surface area contributed by atoms with Gasteiger partial charge >= 0.3 is 0 Å². The third kappa shape index (κ3) is 2.53. The summed E-state index contributed by atoms with van der Waals surface area (Å²) in [6.07, 6.45) is 0.877. The van der Waals surface area contributed by atoms with Crippen LogP contribution in [0.15, 0.2) is 29.3 Å². The van der Waals surface area contributed by atoms with Gasteiger partial charge in [0.2, 0.25) is 0 Å². The minimum Gasteiger partial charge on any atom is -0.273 e. The number of fused-ring (bicyclic) bond motifs is 3. The fraction of sp³-hybridized carbons (Fsp3) is 0.316. The number of rotatable bonds is 2. The van der Waals surface area contributed by atoms with Crippen LogP contribution in [0.3, 0.4) is 0 Å². The second-order valence-corrected chi connectivity index (χ2v) is 7.95. The average Bonchev–Trinajstić information content (AvgIpc) is 3.06. The molecular weight excluding hydrogens is 352 g/mol. The molecule has 0 saturated heterocycles. The Kier molecular flexibility index (Phi) is 4.01. The SMILES string of the molecule is CCC1N=C(c2ccc(Cl)cc2)c2c(sc(C)c2C)-n2c(C)nnc21. The molecule has 0 radical (unpaired) electrons. The first-order valence-corrected chi connectivity index (χ1v) is 9.57. The van der Waals surface area contributed by atoms with Crippen molar-refractivity contribution in [1.29, 1.82) is 0 Å². The number of nitrogens with zero attached hydrogens (tertiary/aromatic N) is 4. The van der Waals surface area contributed by atoms with Crippen molar-refractivity contribution in [2.75, 3.05) is 0 Å². The Labute approximate surface area is 156 Å². The Morgan fingerprint density at radius 1 is 1.12 bits per heavy atom. The lowest BCUT2D eigenvalue weighted by molar-refractivity contribution is 0.641. The van der Waals surface area contributed by atoms with E-state index in [-0.39, 0.29) is 6.04 Å². The number of aryl methyl sites for hydroxylation is 2. The lowest BCUT2D eigenvalue weighted by Gasteiger charge is -2.10. The van der Waals surface area contributed by atoms with Crippen molar-refractivity contribution in [2.24, 2.45) is 4.99 Å². The summed E-state index contributed by atoms with van der Waals surface area (Å²) >= 11 is 7.87. The first-order valence-electron chi connectivity index (χ1n) is 8.37. The molecule has 0 saturated carbocycles. The minimum atomic E-state index is -0.00816. The zero-order valence-corrected chi connectivity index (χ0v) is 16.2. The number of halogens is 1. The molecule has 3 aromatic rings. The number of aromatic nitrogens is 3. The van der Waals surface area contributed by atoms with Crippen LogP contribution in [0.5, 0.6) is 0 Å². The van der Waals surface area contributed by atoms with E-state index in [1.54, 1.807) is 11.3 Å². The fourth-order valence-electron chi connectivity index (χ4n) is 3.27. The maximum absolute atomic E-state index is 6.09. The molecule has 6 heteroatoms. The summed E-state index contributed by atoms with van der Waals surface area (Å²) in [5, 5.41) is 10.7. The smallest absolute Gasteiger partial charge is 0.163 e. The lowest BCUT2D eigenvalue weighted by atomic mass is 10.00. The standard InChI is InChI=1S/C19H19ClN4S/c1-5-15-18-23-22-12(4)24(18)19-16(10(2)11(3)25-19)17(21-15)13-6-8-14(20)9-7-13/h6-9,15H,5H2,1-4H3. The molecule has 1 atom stereocenters. The molecule has 0 spiro atoms. The average molecular weight is 371 g/mol. The van der Waals surface area contributed by atoms with Crippen molar-refractivity contribution in [2.45, 2.75) is 40.2 Å². The number of benzene rings is 1. The molecule has 4 rings (SSSR count). The van der Waals surface area contributed by atoms with E-state index >= 15 is 0 Å². The van der Waals surface area contributed by atoms with Crippen LogP contribution < -0.4 is 0 Å². The second kappa shape index (κ2) is 6.07. The molecule has 1 aliphatic heterocycles. The minimum absolute atomic E-state index is 0.00816. The predicted molar refractivity (Wildman–Crippen MR) is 104 cm³/mol. The van der Waals surface area contributed by atoms with Gasteiger partial charge in [0.25, 0.3) is 0 Å². The van der Waals surface area contributed by atoms with Gasteiger partial charge in [0.1, 0.15) is 16.9 Å². The van der Waals surface area contributed by atoms with Gasteiger partial charge in [0, 0.05) is 21.0 Å². The number of hydrogen-bond donors (Lipinski definition) is 0. The van der Waals surface area contributed by atoms with E-state index in [4.69, 9.17) is 16.6 Å². The maximum atomic E-state index is 6.09. The van der Waals surface area contributed by atoms with E-state index in [0.717, 1.165) is 39.4 Å². The van der Waals surface area contributed by atoms with Gasteiger partial charge in [-0.1, -0.05) is 30.7 Å². The number of hydrogen-bond acceptors (Lipinski definition) is 4. The molecule has 1 unspecified atom stereocenters. The van der Waals surface area contributed by atoms with E-state index in [1.807, 2.05) is 31.2 Å². The number of thiophene rings is 1. The van der Waals surface area contributed by atoms with Crippen LogP contribution in [0.1, 0.15) is 52.6 Å². The second-order valence-electron chi connectivity index (χ2n) is 6.31. The van der Waals surface area contributed by atoms with Gasteiger partial charge < -0.3 is 0 Å². The highest BCUT2D eigenvalue weighted by Crippen LogP contribution is 2.39. The van der Waals surface area contributed by atoms with E-state index in [1.165, 1.54) is 16.0 Å². The van der Waals surface area contributed by atoms with Crippen molar-refractivity contribution in [3.63, 3.8) is 0 Å². The normalized spacial score (nSPS) is 16.2. The zero-order valence-electron chi connectivity index (χ0n) is 14.7. The van der Waals surface area contributed by atoms with Crippen LogP contribution in [0.2, 0.25) is 5.02 Å². The molecule has 0 amide bonds. The molecule has 128 valence electrons. The largest absolute Gasteiger partial charge is 0.273 e. The van der Waals surface area contributed by atoms with Gasteiger partial charge in [-0.05, 0) is 44.9 Å². The van der Waals surface area contributed by atoms with Gasteiger partial charge in [0.05, 0.1) is 5.71 Å². The Bertz CT molecular complexity index is 982. The molecule has 0 bridgehead atoms. The summed E-state index contributed by atoms with van der Waals surface area (Å²) in [4.78, 5) is 6.41. The zero-order chi connectivity index (χ0) is 17.7. The summed E-state index contributed by atoms with van der Waals surface area (Å²) in [6, 6.07) is 7.92. The van der Waals surface area contributed by atoms with Crippen molar-refractivity contribution in [3.8, 4) is 5.00 Å². The summed E-state index contributed by atoms with van der Waals surface area (Å²) in [7, 11) is 0. The van der Waals surface area contributed by atoms with Crippen LogP contribution in [0.25, 0.3) is 5.00 Å². The monoisotopic (exact) mass is 370 g/mol. The Morgan fingerprint density at radius 3 is 2.52 bits per heavy atom. The van der Waals surface area contributed by atoms with Gasteiger partial charge in [0.15, 0.2) is 5.82 Å². The quantitative estimate of drug-likeness (QED) is 0.621. The third-order valence-electron chi connectivity index (χ3n) is 4.74. The van der Waals surface area contributed by atoms with Gasteiger partial charge in [-0.15, -0.1) is 21.5 Å². The lowest BCUT2D eigenvalue weighted by Crippen LogP contribution is -2.07. The molecule has 1 aliphatic rings. The van der Waals surface area contributed by atoms with E-state index in [2.05, 4.69) is 35.5 Å². The molecule has 0 fully saturated rings. The predicted octanol–water partition coefficient (Wildman–Crippen LogP) is 5.21. The summed E-state index contributed by atoms with van der Waals surface area (Å²) in [6.45, 7) is 8.47. The van der Waals surface area contributed by atoms with Crippen LogP contribution in [0, 0.1) is 20.8 Å². The van der Waals surface area contributed by atoms with Crippen LogP contribution >= 0.6 is 22.9 Å². The highest BCUT2D eigenvalue weighted by atomic mass is 35.5. The maximum Gasteiger partial charge on any atom is 0.163 e. The highest BCUT2D eigenvalue weighted by molar-refractivity contribution is 7.15. The Hall–Kier alpha value is -1.98. The van der Waals surface area contributed by atoms with Crippen molar-refractivity contribution < 1.29 is 0 Å². The number of aliphatic imine (C=N–C) groups is 1. The topological polar surface area (TPSA) is 43.1 Å². The van der Waals surface area contributed by atoms with Gasteiger partial charge in [-0.25, -0.2) is 0 Å². The van der Waals surface area contributed by atoms with Crippen molar-refractivity contribution >= 4 is 28.6 Å². The molecule has 2 aromatic heterocycles. The first-order chi connectivity index (χ1) is 12.0. The summed E-state index contributed by atoms with van der Waals surface area (Å²) in [5.74, 6) is 1.83. The van der Waals surface area contributed by atoms with Crippen LogP contribution in [-0.4, -0.2) is 20.5 Å².